The Morgan fingerprint density at radius 3 is 3.08 bits per heavy atom. The smallest absolute Gasteiger partial charge is 0.0496 e. The van der Waals surface area contributed by atoms with Crippen LogP contribution in [0, 0.1) is 23.2 Å². The van der Waals surface area contributed by atoms with Crippen molar-refractivity contribution < 1.29 is 5.11 Å². The fourth-order valence-corrected chi connectivity index (χ4v) is 4.53. The number of hydrogen-bond acceptors (Lipinski definition) is 1. The predicted molar refractivity (Wildman–Crippen MR) is 52.2 cm³/mol. The largest absolute Gasteiger partial charge is 0.396 e. The van der Waals surface area contributed by atoms with Crippen LogP contribution >= 0.6 is 0 Å². The molecule has 1 heteroatoms. The van der Waals surface area contributed by atoms with Crippen molar-refractivity contribution in [2.75, 3.05) is 6.61 Å². The fraction of sp³-hybridized carbons (Fsp3) is 0.833. The second-order valence-electron chi connectivity index (χ2n) is 5.23. The third-order valence-corrected chi connectivity index (χ3v) is 5.00. The van der Waals surface area contributed by atoms with Gasteiger partial charge in [0.25, 0.3) is 0 Å². The molecule has 1 nitrogen and oxygen atoms in total. The van der Waals surface area contributed by atoms with Gasteiger partial charge in [-0.1, -0.05) is 18.6 Å². The molecule has 0 heterocycles. The molecule has 0 amide bonds. The summed E-state index contributed by atoms with van der Waals surface area (Å²) in [5.41, 5.74) is 1.75. The summed E-state index contributed by atoms with van der Waals surface area (Å²) in [6.07, 6.45) is 6.55. The van der Waals surface area contributed by atoms with Gasteiger partial charge in [-0.2, -0.15) is 0 Å². The standard InChI is InChI=1S/C12H18O/c1-8-5-6-12(7-13)10-4-2-3-9(10)11(8)12/h9-11,13H,1-7H2. The molecule has 0 aliphatic heterocycles. The SMILES string of the molecule is C=C1CCC2(CO)C3CCCC3C12. The highest BCUT2D eigenvalue weighted by Gasteiger charge is 2.65. The molecule has 3 fully saturated rings. The summed E-state index contributed by atoms with van der Waals surface area (Å²) in [5.74, 6) is 2.45. The molecule has 1 N–H and O–H groups in total. The molecule has 0 aromatic rings. The number of rotatable bonds is 1. The van der Waals surface area contributed by atoms with Crippen LogP contribution in [-0.4, -0.2) is 11.7 Å². The van der Waals surface area contributed by atoms with Crippen molar-refractivity contribution in [1.29, 1.82) is 0 Å². The zero-order valence-corrected chi connectivity index (χ0v) is 8.13. The highest BCUT2D eigenvalue weighted by molar-refractivity contribution is 5.26. The van der Waals surface area contributed by atoms with E-state index in [1.807, 2.05) is 0 Å². The summed E-state index contributed by atoms with van der Waals surface area (Å²) in [7, 11) is 0. The van der Waals surface area contributed by atoms with Gasteiger partial charge in [0.15, 0.2) is 0 Å². The van der Waals surface area contributed by atoms with Gasteiger partial charge in [0.2, 0.25) is 0 Å². The van der Waals surface area contributed by atoms with Crippen molar-refractivity contribution in [2.45, 2.75) is 32.1 Å². The van der Waals surface area contributed by atoms with Crippen LogP contribution in [0.4, 0.5) is 0 Å². The molecule has 0 aromatic carbocycles. The van der Waals surface area contributed by atoms with Gasteiger partial charge >= 0.3 is 0 Å². The van der Waals surface area contributed by atoms with Crippen LogP contribution in [0.25, 0.3) is 0 Å². The van der Waals surface area contributed by atoms with E-state index >= 15 is 0 Å². The van der Waals surface area contributed by atoms with Gasteiger partial charge in [-0.15, -0.1) is 0 Å². The third-order valence-electron chi connectivity index (χ3n) is 5.00. The number of hydrogen-bond donors (Lipinski definition) is 1. The van der Waals surface area contributed by atoms with Crippen LogP contribution in [0.2, 0.25) is 0 Å². The average molecular weight is 178 g/mol. The first-order valence-corrected chi connectivity index (χ1v) is 5.58. The minimum absolute atomic E-state index is 0.304. The van der Waals surface area contributed by atoms with E-state index in [4.69, 9.17) is 0 Å². The number of aliphatic hydroxyl groups excluding tert-OH is 1. The van der Waals surface area contributed by atoms with Gasteiger partial charge in [0, 0.05) is 12.0 Å². The molecule has 3 aliphatic carbocycles. The summed E-state index contributed by atoms with van der Waals surface area (Å²) < 4.78 is 0. The fourth-order valence-electron chi connectivity index (χ4n) is 4.53. The van der Waals surface area contributed by atoms with Gasteiger partial charge in [0.05, 0.1) is 0 Å². The van der Waals surface area contributed by atoms with Crippen molar-refractivity contribution in [3.05, 3.63) is 12.2 Å². The van der Waals surface area contributed by atoms with Gasteiger partial charge < -0.3 is 5.11 Å². The molecule has 3 aliphatic rings. The third kappa shape index (κ3) is 0.735. The van der Waals surface area contributed by atoms with Gasteiger partial charge in [-0.05, 0) is 43.4 Å². The molecular weight excluding hydrogens is 160 g/mol. The first-order chi connectivity index (χ1) is 6.29. The maximum absolute atomic E-state index is 9.57. The van der Waals surface area contributed by atoms with E-state index in [0.717, 1.165) is 11.8 Å². The molecule has 0 bridgehead atoms. The Balaban J connectivity index is 1.96. The van der Waals surface area contributed by atoms with Crippen LogP contribution in [0.5, 0.6) is 0 Å². The minimum atomic E-state index is 0.304. The Labute approximate surface area is 79.8 Å². The maximum Gasteiger partial charge on any atom is 0.0496 e. The average Bonchev–Trinajstić information content (AvgIpc) is 2.61. The molecule has 3 rings (SSSR count). The van der Waals surface area contributed by atoms with Crippen LogP contribution in [0.3, 0.4) is 0 Å². The lowest BCUT2D eigenvalue weighted by atomic mass is 9.49. The summed E-state index contributed by atoms with van der Waals surface area (Å²) in [5, 5.41) is 9.57. The van der Waals surface area contributed by atoms with Gasteiger partial charge in [-0.25, -0.2) is 0 Å². The molecule has 0 spiro atoms. The zero-order valence-electron chi connectivity index (χ0n) is 8.13. The monoisotopic (exact) mass is 178 g/mol. The van der Waals surface area contributed by atoms with E-state index in [1.54, 1.807) is 0 Å². The number of aliphatic hydroxyl groups is 1. The second kappa shape index (κ2) is 2.38. The molecule has 4 atom stereocenters. The Bertz CT molecular complexity index is 258. The lowest BCUT2D eigenvalue weighted by Gasteiger charge is -2.56. The predicted octanol–water partition coefficient (Wildman–Crippen LogP) is 2.36. The summed E-state index contributed by atoms with van der Waals surface area (Å²) in [4.78, 5) is 0. The topological polar surface area (TPSA) is 20.2 Å². The van der Waals surface area contributed by atoms with Crippen molar-refractivity contribution >= 4 is 0 Å². The molecule has 13 heavy (non-hydrogen) atoms. The molecule has 4 unspecified atom stereocenters. The summed E-state index contributed by atoms with van der Waals surface area (Å²) >= 11 is 0. The molecular formula is C12H18O. The normalized spacial score (nSPS) is 53.0. The van der Waals surface area contributed by atoms with Crippen LogP contribution in [0.15, 0.2) is 12.2 Å². The Kier molecular flexibility index (Phi) is 1.48. The number of allylic oxidation sites excluding steroid dienone is 1. The zero-order chi connectivity index (χ0) is 9.05. The van der Waals surface area contributed by atoms with E-state index in [1.165, 1.54) is 37.7 Å². The van der Waals surface area contributed by atoms with Crippen LogP contribution in [-0.2, 0) is 0 Å². The van der Waals surface area contributed by atoms with Gasteiger partial charge in [-0.3, -0.25) is 0 Å². The molecule has 0 aromatic heterocycles. The van der Waals surface area contributed by atoms with E-state index in [9.17, 15) is 5.11 Å². The molecule has 0 radical (unpaired) electrons. The van der Waals surface area contributed by atoms with Crippen molar-refractivity contribution in [2.24, 2.45) is 23.2 Å². The lowest BCUT2D eigenvalue weighted by molar-refractivity contribution is -0.101. The van der Waals surface area contributed by atoms with Crippen molar-refractivity contribution in [3.8, 4) is 0 Å². The molecule has 0 saturated heterocycles. The van der Waals surface area contributed by atoms with E-state index in [-0.39, 0.29) is 0 Å². The highest BCUT2D eigenvalue weighted by Crippen LogP contribution is 2.70. The first kappa shape index (κ1) is 8.05. The second-order valence-corrected chi connectivity index (χ2v) is 5.23. The summed E-state index contributed by atoms with van der Waals surface area (Å²) in [6.45, 7) is 4.59. The Morgan fingerprint density at radius 1 is 1.46 bits per heavy atom. The Hall–Kier alpha value is -0.300. The van der Waals surface area contributed by atoms with Crippen molar-refractivity contribution in [1.82, 2.24) is 0 Å². The quantitative estimate of drug-likeness (QED) is 0.611. The minimum Gasteiger partial charge on any atom is -0.396 e. The number of fused-ring (bicyclic) bond motifs is 4. The van der Waals surface area contributed by atoms with E-state index < -0.39 is 0 Å². The van der Waals surface area contributed by atoms with Crippen LogP contribution < -0.4 is 0 Å². The summed E-state index contributed by atoms with van der Waals surface area (Å²) in [6, 6.07) is 0. The first-order valence-electron chi connectivity index (χ1n) is 5.58. The van der Waals surface area contributed by atoms with Crippen molar-refractivity contribution in [3.63, 3.8) is 0 Å². The van der Waals surface area contributed by atoms with E-state index in [0.29, 0.717) is 17.9 Å². The van der Waals surface area contributed by atoms with E-state index in [2.05, 4.69) is 6.58 Å². The molecule has 72 valence electrons. The Morgan fingerprint density at radius 2 is 2.31 bits per heavy atom. The van der Waals surface area contributed by atoms with Crippen LogP contribution in [0.1, 0.15) is 32.1 Å². The highest BCUT2D eigenvalue weighted by atomic mass is 16.3. The maximum atomic E-state index is 9.57. The van der Waals surface area contributed by atoms with Gasteiger partial charge in [0.1, 0.15) is 0 Å². The molecule has 3 saturated carbocycles. The lowest BCUT2D eigenvalue weighted by Crippen LogP contribution is -2.53.